The Hall–Kier alpha value is -2.02. The van der Waals surface area contributed by atoms with Gasteiger partial charge in [0.1, 0.15) is 0 Å². The Balaban J connectivity index is 1.81. The molecule has 2 heterocycles. The second-order valence-corrected chi connectivity index (χ2v) is 8.26. The van der Waals surface area contributed by atoms with E-state index < -0.39 is 0 Å². The minimum absolute atomic E-state index is 0.0266. The van der Waals surface area contributed by atoms with Crippen LogP contribution in [0.25, 0.3) is 16.7 Å². The van der Waals surface area contributed by atoms with Gasteiger partial charge in [0.25, 0.3) is 5.56 Å². The molecule has 5 nitrogen and oxygen atoms in total. The number of unbranched alkanes of at least 4 members (excludes halogenated alkanes) is 1. The zero-order chi connectivity index (χ0) is 19.7. The monoisotopic (exact) mass is 432 g/mol. The Kier molecular flexibility index (Phi) is 5.62. The van der Waals surface area contributed by atoms with E-state index in [1.807, 2.05) is 40.8 Å². The number of halogens is 2. The van der Waals surface area contributed by atoms with E-state index in [1.165, 1.54) is 11.8 Å². The molecular formula is C20H18Cl2N4OS. The van der Waals surface area contributed by atoms with Crippen molar-refractivity contribution in [3.63, 3.8) is 0 Å². The van der Waals surface area contributed by atoms with Gasteiger partial charge in [0.2, 0.25) is 5.78 Å². The van der Waals surface area contributed by atoms with Crippen LogP contribution in [0.4, 0.5) is 0 Å². The van der Waals surface area contributed by atoms with Gasteiger partial charge in [0.05, 0.1) is 10.9 Å². The lowest BCUT2D eigenvalue weighted by Gasteiger charge is -2.11. The number of nitrogens with zero attached hydrogens (tertiary/aromatic N) is 4. The molecule has 28 heavy (non-hydrogen) atoms. The van der Waals surface area contributed by atoms with E-state index in [4.69, 9.17) is 23.2 Å². The second kappa shape index (κ2) is 8.15. The van der Waals surface area contributed by atoms with Crippen molar-refractivity contribution in [2.24, 2.45) is 0 Å². The summed E-state index contributed by atoms with van der Waals surface area (Å²) >= 11 is 13.8. The van der Waals surface area contributed by atoms with Crippen LogP contribution < -0.4 is 5.56 Å². The molecule has 4 rings (SSSR count). The fourth-order valence-corrected chi connectivity index (χ4v) is 4.62. The van der Waals surface area contributed by atoms with Crippen molar-refractivity contribution < 1.29 is 0 Å². The molecule has 0 aliphatic heterocycles. The SMILES string of the molecule is CCCCn1c(=O)c2ccccc2n2c(SCc3ccc(Cl)cc3Cl)nnc12. The van der Waals surface area contributed by atoms with Gasteiger partial charge in [-0.2, -0.15) is 0 Å². The fraction of sp³-hybridized carbons (Fsp3) is 0.250. The first-order valence-corrected chi connectivity index (χ1v) is 10.8. The highest BCUT2D eigenvalue weighted by Gasteiger charge is 2.17. The molecule has 0 atom stereocenters. The summed E-state index contributed by atoms with van der Waals surface area (Å²) in [6, 6.07) is 13.0. The van der Waals surface area contributed by atoms with Crippen LogP contribution in [0, 0.1) is 0 Å². The molecule has 0 spiro atoms. The van der Waals surface area contributed by atoms with Crippen LogP contribution in [0.2, 0.25) is 10.0 Å². The predicted octanol–water partition coefficient (Wildman–Crippen LogP) is 5.44. The molecule has 0 saturated heterocycles. The van der Waals surface area contributed by atoms with Gasteiger partial charge in [-0.1, -0.05) is 66.5 Å². The molecular weight excluding hydrogens is 415 g/mol. The average molecular weight is 433 g/mol. The van der Waals surface area contributed by atoms with Gasteiger partial charge in [-0.3, -0.25) is 13.8 Å². The summed E-state index contributed by atoms with van der Waals surface area (Å²) in [6.07, 6.45) is 1.90. The number of hydrogen-bond donors (Lipinski definition) is 0. The summed E-state index contributed by atoms with van der Waals surface area (Å²) in [5, 5.41) is 11.3. The molecule has 0 N–H and O–H groups in total. The van der Waals surface area contributed by atoms with E-state index in [-0.39, 0.29) is 5.56 Å². The maximum absolute atomic E-state index is 13.0. The molecule has 0 saturated carbocycles. The van der Waals surface area contributed by atoms with Crippen LogP contribution in [-0.2, 0) is 12.3 Å². The molecule has 2 aromatic carbocycles. The van der Waals surface area contributed by atoms with Gasteiger partial charge < -0.3 is 0 Å². The van der Waals surface area contributed by atoms with Crippen LogP contribution in [0.5, 0.6) is 0 Å². The van der Waals surface area contributed by atoms with Crippen LogP contribution >= 0.6 is 35.0 Å². The molecule has 0 aliphatic carbocycles. The molecule has 4 aromatic rings. The van der Waals surface area contributed by atoms with Gasteiger partial charge in [-0.15, -0.1) is 10.2 Å². The predicted molar refractivity (Wildman–Crippen MR) is 116 cm³/mol. The first-order chi connectivity index (χ1) is 13.6. The first-order valence-electron chi connectivity index (χ1n) is 9.03. The second-order valence-electron chi connectivity index (χ2n) is 6.47. The molecule has 0 bridgehead atoms. The van der Waals surface area contributed by atoms with Gasteiger partial charge in [-0.25, -0.2) is 0 Å². The number of fused-ring (bicyclic) bond motifs is 3. The normalized spacial score (nSPS) is 11.5. The van der Waals surface area contributed by atoms with E-state index in [9.17, 15) is 4.79 Å². The molecule has 2 aromatic heterocycles. The van der Waals surface area contributed by atoms with Crippen molar-refractivity contribution in [1.82, 2.24) is 19.2 Å². The lowest BCUT2D eigenvalue weighted by molar-refractivity contribution is 0.620. The quantitative estimate of drug-likeness (QED) is 0.380. The van der Waals surface area contributed by atoms with E-state index >= 15 is 0 Å². The molecule has 0 radical (unpaired) electrons. The van der Waals surface area contributed by atoms with Crippen molar-refractivity contribution in [3.8, 4) is 0 Å². The highest BCUT2D eigenvalue weighted by Crippen LogP contribution is 2.29. The number of benzene rings is 2. The third kappa shape index (κ3) is 3.52. The number of rotatable bonds is 6. The van der Waals surface area contributed by atoms with Crippen molar-refractivity contribution >= 4 is 51.6 Å². The summed E-state index contributed by atoms with van der Waals surface area (Å²) in [4.78, 5) is 13.0. The largest absolute Gasteiger partial charge is 0.276 e. The molecule has 8 heteroatoms. The Morgan fingerprint density at radius 1 is 1.11 bits per heavy atom. The minimum Gasteiger partial charge on any atom is -0.276 e. The summed E-state index contributed by atoms with van der Waals surface area (Å²) in [6.45, 7) is 2.72. The third-order valence-corrected chi connectivity index (χ3v) is 6.15. The van der Waals surface area contributed by atoms with Gasteiger partial charge in [0, 0.05) is 22.3 Å². The molecule has 0 fully saturated rings. The zero-order valence-electron chi connectivity index (χ0n) is 15.2. The lowest BCUT2D eigenvalue weighted by atomic mass is 10.2. The number of aryl methyl sites for hydroxylation is 1. The Morgan fingerprint density at radius 2 is 1.93 bits per heavy atom. The smallest absolute Gasteiger partial charge is 0.262 e. The Labute approximate surface area is 176 Å². The van der Waals surface area contributed by atoms with Crippen molar-refractivity contribution in [3.05, 3.63) is 68.4 Å². The van der Waals surface area contributed by atoms with Crippen LogP contribution in [0.15, 0.2) is 52.4 Å². The zero-order valence-corrected chi connectivity index (χ0v) is 17.6. The maximum Gasteiger partial charge on any atom is 0.262 e. The minimum atomic E-state index is -0.0266. The molecule has 0 aliphatic rings. The van der Waals surface area contributed by atoms with Gasteiger partial charge in [0.15, 0.2) is 5.16 Å². The highest BCUT2D eigenvalue weighted by atomic mass is 35.5. The highest BCUT2D eigenvalue weighted by molar-refractivity contribution is 7.98. The molecule has 144 valence electrons. The summed E-state index contributed by atoms with van der Waals surface area (Å²) in [5.41, 5.74) is 1.75. The van der Waals surface area contributed by atoms with E-state index in [0.717, 1.165) is 29.1 Å². The average Bonchev–Trinajstić information content (AvgIpc) is 3.11. The molecule has 0 amide bonds. The maximum atomic E-state index is 13.0. The van der Waals surface area contributed by atoms with Crippen LogP contribution in [-0.4, -0.2) is 19.2 Å². The number of thioether (sulfide) groups is 1. The summed E-state index contributed by atoms with van der Waals surface area (Å²) < 4.78 is 3.68. The van der Waals surface area contributed by atoms with E-state index in [1.54, 1.807) is 10.6 Å². The van der Waals surface area contributed by atoms with Gasteiger partial charge in [-0.05, 0) is 36.2 Å². The van der Waals surface area contributed by atoms with Crippen molar-refractivity contribution in [2.45, 2.75) is 37.2 Å². The van der Waals surface area contributed by atoms with E-state index in [0.29, 0.717) is 33.5 Å². The first kappa shape index (κ1) is 19.3. The fourth-order valence-electron chi connectivity index (χ4n) is 3.13. The third-order valence-electron chi connectivity index (χ3n) is 4.59. The topological polar surface area (TPSA) is 52.2 Å². The Morgan fingerprint density at radius 3 is 2.71 bits per heavy atom. The van der Waals surface area contributed by atoms with Gasteiger partial charge >= 0.3 is 0 Å². The summed E-state index contributed by atoms with van der Waals surface area (Å²) in [7, 11) is 0. The standard InChI is InChI=1S/C20H18Cl2N4OS/c1-2-3-10-25-18(27)15-6-4-5-7-17(15)26-19(25)23-24-20(26)28-12-13-8-9-14(21)11-16(13)22/h4-9,11H,2-3,10,12H2,1H3. The summed E-state index contributed by atoms with van der Waals surface area (Å²) in [5.74, 6) is 1.20. The number of para-hydroxylation sites is 1. The van der Waals surface area contributed by atoms with Crippen LogP contribution in [0.1, 0.15) is 25.3 Å². The van der Waals surface area contributed by atoms with Crippen molar-refractivity contribution in [2.75, 3.05) is 0 Å². The number of aromatic nitrogens is 4. The number of hydrogen-bond acceptors (Lipinski definition) is 4. The van der Waals surface area contributed by atoms with E-state index in [2.05, 4.69) is 17.1 Å². The van der Waals surface area contributed by atoms with Crippen LogP contribution in [0.3, 0.4) is 0 Å². The van der Waals surface area contributed by atoms with Crippen molar-refractivity contribution in [1.29, 1.82) is 0 Å². The molecule has 0 unspecified atom stereocenters. The lowest BCUT2D eigenvalue weighted by Crippen LogP contribution is -2.23. The Bertz CT molecular complexity index is 1220.